The smallest absolute Gasteiger partial charge is 0.346 e. The topological polar surface area (TPSA) is 46.2 Å². The molecule has 1 N–H and O–H groups in total. The van der Waals surface area contributed by atoms with Crippen LogP contribution >= 0.6 is 39.1 Å². The Balaban J connectivity index is 1.75. The Hall–Kier alpha value is -2.04. The molecule has 0 aliphatic heterocycles. The number of nitrogens with one attached hydrogen (secondary N) is 1. The van der Waals surface area contributed by atoms with Gasteiger partial charge in [0.05, 0.1) is 11.3 Å². The molecule has 36 heavy (non-hydrogen) atoms. The molecule has 0 heterocycles. The molecule has 1 unspecified atom stereocenters. The molecule has 194 valence electrons. The van der Waals surface area contributed by atoms with Crippen molar-refractivity contribution in [2.75, 3.05) is 6.54 Å². The van der Waals surface area contributed by atoms with E-state index in [9.17, 15) is 35.9 Å². The maximum absolute atomic E-state index is 13.7. The van der Waals surface area contributed by atoms with Gasteiger partial charge in [0.1, 0.15) is 6.54 Å². The van der Waals surface area contributed by atoms with Crippen LogP contribution in [0.25, 0.3) is 6.08 Å². The van der Waals surface area contributed by atoms with E-state index in [1.807, 2.05) is 5.32 Å². The Morgan fingerprint density at radius 2 is 1.64 bits per heavy atom. The number of amides is 1. The van der Waals surface area contributed by atoms with Crippen molar-refractivity contribution in [1.29, 1.82) is 0 Å². The van der Waals surface area contributed by atoms with Crippen LogP contribution in [0, 0.1) is 5.41 Å². The van der Waals surface area contributed by atoms with Gasteiger partial charge in [-0.25, -0.2) is 0 Å². The standard InChI is InChI=1S/C24H18BrCl2F6NO2/c25-19-7-13(2-4-18(24(31,32)33)14-8-15(26)10-16(27)9-14)1-3-17(19)20(35)11-22(5-6-22)21(36)34-12-23(28,29)30/h1-4,7-10,18H,5-6,11-12H2,(H,34,36)/b4-2+. The van der Waals surface area contributed by atoms with E-state index in [2.05, 4.69) is 15.9 Å². The number of halogens is 9. The lowest BCUT2D eigenvalue weighted by Gasteiger charge is -2.18. The molecule has 1 saturated carbocycles. The highest BCUT2D eigenvalue weighted by Gasteiger charge is 2.51. The first kappa shape index (κ1) is 28.5. The van der Waals surface area contributed by atoms with Gasteiger partial charge >= 0.3 is 12.4 Å². The molecule has 0 radical (unpaired) electrons. The maximum Gasteiger partial charge on any atom is 0.405 e. The molecular formula is C24H18BrCl2F6NO2. The lowest BCUT2D eigenvalue weighted by molar-refractivity contribution is -0.141. The monoisotopic (exact) mass is 615 g/mol. The van der Waals surface area contributed by atoms with Crippen molar-refractivity contribution >= 4 is 56.9 Å². The average Bonchev–Trinajstić information content (AvgIpc) is 3.50. The number of allylic oxidation sites excluding steroid dienone is 1. The van der Waals surface area contributed by atoms with Gasteiger partial charge in [0.25, 0.3) is 0 Å². The number of hydrogen-bond acceptors (Lipinski definition) is 2. The van der Waals surface area contributed by atoms with Gasteiger partial charge in [0, 0.05) is 26.5 Å². The molecule has 1 aliphatic carbocycles. The first-order chi connectivity index (χ1) is 16.6. The molecule has 1 atom stereocenters. The molecule has 0 spiro atoms. The summed E-state index contributed by atoms with van der Waals surface area (Å²) in [5.74, 6) is -3.29. The fourth-order valence-corrected chi connectivity index (χ4v) is 4.80. The second-order valence-electron chi connectivity index (χ2n) is 8.50. The van der Waals surface area contributed by atoms with Gasteiger partial charge in [-0.05, 0) is 54.3 Å². The number of hydrogen-bond donors (Lipinski definition) is 1. The molecule has 2 aromatic rings. The van der Waals surface area contributed by atoms with E-state index >= 15 is 0 Å². The molecule has 12 heteroatoms. The van der Waals surface area contributed by atoms with Crippen molar-refractivity contribution in [3.8, 4) is 0 Å². The molecule has 1 amide bonds. The highest BCUT2D eigenvalue weighted by atomic mass is 79.9. The number of rotatable bonds is 8. The number of carbonyl (C=O) groups excluding carboxylic acids is 2. The summed E-state index contributed by atoms with van der Waals surface area (Å²) in [4.78, 5) is 24.9. The molecule has 3 nitrogen and oxygen atoms in total. The van der Waals surface area contributed by atoms with Crippen LogP contribution in [0.15, 0.2) is 46.9 Å². The Bertz CT molecular complexity index is 1170. The van der Waals surface area contributed by atoms with Crippen LogP contribution < -0.4 is 5.32 Å². The van der Waals surface area contributed by atoms with E-state index in [1.54, 1.807) is 0 Å². The van der Waals surface area contributed by atoms with Crippen molar-refractivity contribution in [3.63, 3.8) is 0 Å². The minimum atomic E-state index is -4.62. The second kappa shape index (κ2) is 10.8. The summed E-state index contributed by atoms with van der Waals surface area (Å²) in [6.45, 7) is -1.48. The molecular weight excluding hydrogens is 599 g/mol. The number of ketones is 1. The number of benzene rings is 2. The highest BCUT2D eigenvalue weighted by Crippen LogP contribution is 2.50. The van der Waals surface area contributed by atoms with Gasteiger partial charge in [-0.3, -0.25) is 9.59 Å². The summed E-state index contributed by atoms with van der Waals surface area (Å²) in [6.07, 6.45) is -6.72. The maximum atomic E-state index is 13.7. The molecule has 3 rings (SSSR count). The first-order valence-corrected chi connectivity index (χ1v) is 12.0. The van der Waals surface area contributed by atoms with Crippen molar-refractivity contribution in [1.82, 2.24) is 5.32 Å². The summed E-state index contributed by atoms with van der Waals surface area (Å²) in [5.41, 5.74) is -0.806. The van der Waals surface area contributed by atoms with Crippen molar-refractivity contribution < 1.29 is 35.9 Å². The third-order valence-corrected chi connectivity index (χ3v) is 6.75. The Morgan fingerprint density at radius 3 is 2.14 bits per heavy atom. The predicted molar refractivity (Wildman–Crippen MR) is 128 cm³/mol. The lowest BCUT2D eigenvalue weighted by Crippen LogP contribution is -2.39. The van der Waals surface area contributed by atoms with Crippen LogP contribution in [-0.2, 0) is 4.79 Å². The zero-order valence-electron chi connectivity index (χ0n) is 18.2. The fourth-order valence-electron chi connectivity index (χ4n) is 3.64. The summed E-state index contributed by atoms with van der Waals surface area (Å²) >= 11 is 14.9. The van der Waals surface area contributed by atoms with Gasteiger partial charge in [0.15, 0.2) is 5.78 Å². The molecule has 0 bridgehead atoms. The summed E-state index contributed by atoms with van der Waals surface area (Å²) < 4.78 is 78.5. The Kier molecular flexibility index (Phi) is 8.52. The second-order valence-corrected chi connectivity index (χ2v) is 10.2. The van der Waals surface area contributed by atoms with E-state index in [-0.39, 0.29) is 44.9 Å². The number of carbonyl (C=O) groups is 2. The number of Topliss-reactive ketones (excluding diaryl/α,β-unsaturated/α-hetero) is 1. The predicted octanol–water partition coefficient (Wildman–Crippen LogP) is 8.15. The van der Waals surface area contributed by atoms with E-state index in [1.165, 1.54) is 42.5 Å². The van der Waals surface area contributed by atoms with Gasteiger partial charge in [-0.2, -0.15) is 26.3 Å². The summed E-state index contributed by atoms with van der Waals surface area (Å²) in [6, 6.07) is 7.91. The van der Waals surface area contributed by atoms with E-state index in [4.69, 9.17) is 23.2 Å². The van der Waals surface area contributed by atoms with Crippen molar-refractivity contribution in [2.24, 2.45) is 5.41 Å². The molecule has 0 aromatic heterocycles. The fraction of sp³-hybridized carbons (Fsp3) is 0.333. The summed E-state index contributed by atoms with van der Waals surface area (Å²) in [5, 5.41) is 1.94. The normalized spacial score (nSPS) is 16.1. The minimum Gasteiger partial charge on any atom is -0.346 e. The SMILES string of the molecule is O=C(CC1(C(=O)NCC(F)(F)F)CC1)c1ccc(/C=C/C(c2cc(Cl)cc(Cl)c2)C(F)(F)F)cc1Br. The van der Waals surface area contributed by atoms with Gasteiger partial charge < -0.3 is 5.32 Å². The van der Waals surface area contributed by atoms with E-state index in [0.717, 1.165) is 6.08 Å². The van der Waals surface area contributed by atoms with Crippen LogP contribution in [0.4, 0.5) is 26.3 Å². The lowest BCUT2D eigenvalue weighted by atomic mass is 9.93. The van der Waals surface area contributed by atoms with Gasteiger partial charge in [-0.15, -0.1) is 0 Å². The van der Waals surface area contributed by atoms with Crippen LogP contribution in [0.5, 0.6) is 0 Å². The minimum absolute atomic E-state index is 0.0614. The quantitative estimate of drug-likeness (QED) is 0.240. The van der Waals surface area contributed by atoms with E-state index in [0.29, 0.717) is 5.56 Å². The highest BCUT2D eigenvalue weighted by molar-refractivity contribution is 9.10. The summed E-state index contributed by atoms with van der Waals surface area (Å²) in [7, 11) is 0. The molecule has 1 fully saturated rings. The van der Waals surface area contributed by atoms with Gasteiger partial charge in [0.2, 0.25) is 5.91 Å². The van der Waals surface area contributed by atoms with Gasteiger partial charge in [-0.1, -0.05) is 57.4 Å². The van der Waals surface area contributed by atoms with Crippen LogP contribution in [0.1, 0.15) is 46.7 Å². The first-order valence-electron chi connectivity index (χ1n) is 10.5. The Morgan fingerprint density at radius 1 is 1.03 bits per heavy atom. The third kappa shape index (κ3) is 7.49. The van der Waals surface area contributed by atoms with Crippen molar-refractivity contribution in [3.05, 3.63) is 73.7 Å². The third-order valence-electron chi connectivity index (χ3n) is 5.65. The molecule has 1 aliphatic rings. The zero-order chi connectivity index (χ0) is 26.9. The zero-order valence-corrected chi connectivity index (χ0v) is 21.3. The number of alkyl halides is 6. The van der Waals surface area contributed by atoms with Crippen LogP contribution in [0.3, 0.4) is 0 Å². The molecule has 2 aromatic carbocycles. The van der Waals surface area contributed by atoms with E-state index < -0.39 is 41.9 Å². The van der Waals surface area contributed by atoms with Crippen molar-refractivity contribution in [2.45, 2.75) is 37.5 Å². The van der Waals surface area contributed by atoms with Crippen LogP contribution in [0.2, 0.25) is 10.0 Å². The molecule has 0 saturated heterocycles. The van der Waals surface area contributed by atoms with Crippen LogP contribution in [-0.4, -0.2) is 30.6 Å². The average molecular weight is 617 g/mol. The Labute approximate surface area is 221 Å². The largest absolute Gasteiger partial charge is 0.405 e.